The number of pyridine rings is 1. The number of aryl methyl sites for hydroxylation is 3. The minimum atomic E-state index is -4.66. The molecule has 0 atom stereocenters. The molecule has 2 aromatic carbocycles. The maximum atomic E-state index is 13.9. The first-order valence-electron chi connectivity index (χ1n) is 10.6. The molecule has 0 aliphatic carbocycles. The number of amides is 1. The van der Waals surface area contributed by atoms with Crippen LogP contribution in [-0.2, 0) is 11.0 Å². The number of hydrogen-bond acceptors (Lipinski definition) is 4. The zero-order valence-corrected chi connectivity index (χ0v) is 19.1. The molecule has 9 heteroatoms. The number of hydrogen-bond donors (Lipinski definition) is 1. The van der Waals surface area contributed by atoms with E-state index in [1.807, 2.05) is 39.0 Å². The van der Waals surface area contributed by atoms with E-state index < -0.39 is 24.3 Å². The number of nitrogens with one attached hydrogen (secondary N) is 1. The summed E-state index contributed by atoms with van der Waals surface area (Å²) in [5.41, 5.74) is 3.34. The predicted octanol–water partition coefficient (Wildman–Crippen LogP) is 5.69. The standard InChI is InChI=1S/C25H23F3N4O2/c1-14-8-10-18(11-9-14)32-24-23(17(4)31-32)19(25(26,27)28)12-22(30-24)34-13-21(33)29-20-7-5-6-15(2)16(20)3/h5-12H,13H2,1-4H3,(H,29,33). The summed E-state index contributed by atoms with van der Waals surface area (Å²) in [6.45, 7) is 6.69. The zero-order chi connectivity index (χ0) is 24.6. The first-order chi connectivity index (χ1) is 16.0. The number of nitrogens with zero attached hydrogens (tertiary/aromatic N) is 3. The van der Waals surface area contributed by atoms with Gasteiger partial charge in [-0.1, -0.05) is 29.8 Å². The molecular weight excluding hydrogens is 445 g/mol. The van der Waals surface area contributed by atoms with Gasteiger partial charge in [-0.2, -0.15) is 23.3 Å². The van der Waals surface area contributed by atoms with Gasteiger partial charge in [0, 0.05) is 11.8 Å². The Morgan fingerprint density at radius 3 is 2.44 bits per heavy atom. The van der Waals surface area contributed by atoms with E-state index in [0.29, 0.717) is 11.4 Å². The molecule has 0 radical (unpaired) electrons. The van der Waals surface area contributed by atoms with Crippen molar-refractivity contribution in [1.29, 1.82) is 0 Å². The number of fused-ring (bicyclic) bond motifs is 1. The van der Waals surface area contributed by atoms with Gasteiger partial charge in [0.15, 0.2) is 12.3 Å². The van der Waals surface area contributed by atoms with E-state index in [0.717, 1.165) is 22.8 Å². The Morgan fingerprint density at radius 1 is 1.06 bits per heavy atom. The molecule has 2 aromatic heterocycles. The highest BCUT2D eigenvalue weighted by molar-refractivity contribution is 5.93. The highest BCUT2D eigenvalue weighted by atomic mass is 19.4. The van der Waals surface area contributed by atoms with Crippen LogP contribution >= 0.6 is 0 Å². The number of benzene rings is 2. The Bertz CT molecular complexity index is 1380. The summed E-state index contributed by atoms with van der Waals surface area (Å²) in [6.07, 6.45) is -4.66. The van der Waals surface area contributed by atoms with E-state index in [1.54, 1.807) is 24.3 Å². The lowest BCUT2D eigenvalue weighted by atomic mass is 10.1. The molecule has 2 heterocycles. The van der Waals surface area contributed by atoms with Crippen molar-refractivity contribution in [3.05, 3.63) is 76.5 Å². The summed E-state index contributed by atoms with van der Waals surface area (Å²) in [4.78, 5) is 16.7. The number of aromatic nitrogens is 3. The molecule has 0 aliphatic heterocycles. The van der Waals surface area contributed by atoms with Gasteiger partial charge in [0.1, 0.15) is 0 Å². The van der Waals surface area contributed by atoms with E-state index in [2.05, 4.69) is 15.4 Å². The van der Waals surface area contributed by atoms with E-state index in [-0.39, 0.29) is 22.6 Å². The summed E-state index contributed by atoms with van der Waals surface area (Å²) in [5.74, 6) is -0.823. The number of rotatable bonds is 5. The van der Waals surface area contributed by atoms with Crippen LogP contribution in [0.5, 0.6) is 5.88 Å². The fraction of sp³-hybridized carbons (Fsp3) is 0.240. The topological polar surface area (TPSA) is 69.0 Å². The van der Waals surface area contributed by atoms with Gasteiger partial charge < -0.3 is 10.1 Å². The number of carbonyl (C=O) groups is 1. The summed E-state index contributed by atoms with van der Waals surface area (Å²) in [7, 11) is 0. The largest absolute Gasteiger partial charge is 0.467 e. The number of halogens is 3. The lowest BCUT2D eigenvalue weighted by molar-refractivity contribution is -0.136. The molecule has 6 nitrogen and oxygen atoms in total. The maximum absolute atomic E-state index is 13.9. The Kier molecular flexibility index (Phi) is 6.03. The van der Waals surface area contributed by atoms with E-state index >= 15 is 0 Å². The second kappa shape index (κ2) is 8.81. The van der Waals surface area contributed by atoms with Crippen LogP contribution in [0.15, 0.2) is 48.5 Å². The second-order valence-corrected chi connectivity index (χ2v) is 8.12. The zero-order valence-electron chi connectivity index (χ0n) is 19.1. The highest BCUT2D eigenvalue weighted by Gasteiger charge is 2.36. The quantitative estimate of drug-likeness (QED) is 0.409. The van der Waals surface area contributed by atoms with Crippen LogP contribution in [0.3, 0.4) is 0 Å². The molecule has 0 fully saturated rings. The van der Waals surface area contributed by atoms with Crippen molar-refractivity contribution in [3.63, 3.8) is 0 Å². The molecule has 4 rings (SSSR count). The number of carbonyl (C=O) groups excluding carboxylic acids is 1. The Morgan fingerprint density at radius 2 is 1.76 bits per heavy atom. The fourth-order valence-electron chi connectivity index (χ4n) is 3.64. The average molecular weight is 468 g/mol. The minimum absolute atomic E-state index is 0.00103. The minimum Gasteiger partial charge on any atom is -0.467 e. The van der Waals surface area contributed by atoms with Crippen molar-refractivity contribution in [1.82, 2.24) is 14.8 Å². The van der Waals surface area contributed by atoms with Crippen molar-refractivity contribution in [3.8, 4) is 11.6 Å². The smallest absolute Gasteiger partial charge is 0.417 e. The Labute approximate surface area is 194 Å². The Balaban J connectivity index is 1.68. The van der Waals surface area contributed by atoms with Crippen molar-refractivity contribution < 1.29 is 22.7 Å². The van der Waals surface area contributed by atoms with Gasteiger partial charge in [0.25, 0.3) is 5.91 Å². The molecule has 0 saturated carbocycles. The molecule has 0 bridgehead atoms. The second-order valence-electron chi connectivity index (χ2n) is 8.12. The van der Waals surface area contributed by atoms with Crippen LogP contribution in [0, 0.1) is 27.7 Å². The SMILES string of the molecule is Cc1ccc(-n2nc(C)c3c(C(F)(F)F)cc(OCC(=O)Nc4cccc(C)c4C)nc32)cc1. The summed E-state index contributed by atoms with van der Waals surface area (Å²) in [5, 5.41) is 6.90. The molecule has 0 unspecified atom stereocenters. The molecule has 1 amide bonds. The van der Waals surface area contributed by atoms with E-state index in [9.17, 15) is 18.0 Å². The van der Waals surface area contributed by atoms with Gasteiger partial charge in [0.05, 0.1) is 22.3 Å². The fourth-order valence-corrected chi connectivity index (χ4v) is 3.64. The van der Waals surface area contributed by atoms with Crippen LogP contribution in [0.2, 0.25) is 0 Å². The third kappa shape index (κ3) is 4.59. The summed E-state index contributed by atoms with van der Waals surface area (Å²) in [6, 6.07) is 13.4. The molecule has 0 spiro atoms. The van der Waals surface area contributed by atoms with Gasteiger partial charge in [-0.25, -0.2) is 4.68 Å². The van der Waals surface area contributed by atoms with Gasteiger partial charge in [-0.3, -0.25) is 4.79 Å². The number of alkyl halides is 3. The Hall–Kier alpha value is -3.88. The van der Waals surface area contributed by atoms with Crippen LogP contribution in [-0.4, -0.2) is 27.3 Å². The van der Waals surface area contributed by atoms with Gasteiger partial charge in [-0.05, 0) is 57.0 Å². The average Bonchev–Trinajstić information content (AvgIpc) is 3.11. The van der Waals surface area contributed by atoms with Crippen LogP contribution in [0.25, 0.3) is 16.7 Å². The molecule has 4 aromatic rings. The third-order valence-electron chi connectivity index (χ3n) is 5.60. The number of ether oxygens (including phenoxy) is 1. The first-order valence-corrected chi connectivity index (χ1v) is 10.6. The van der Waals surface area contributed by atoms with E-state index in [4.69, 9.17) is 4.74 Å². The van der Waals surface area contributed by atoms with Crippen molar-refractivity contribution in [2.45, 2.75) is 33.9 Å². The van der Waals surface area contributed by atoms with E-state index in [1.165, 1.54) is 11.6 Å². The molecule has 176 valence electrons. The van der Waals surface area contributed by atoms with Crippen LogP contribution in [0.4, 0.5) is 18.9 Å². The monoisotopic (exact) mass is 468 g/mol. The van der Waals surface area contributed by atoms with Gasteiger partial charge >= 0.3 is 6.18 Å². The molecule has 0 saturated heterocycles. The summed E-state index contributed by atoms with van der Waals surface area (Å²) >= 11 is 0. The van der Waals surface area contributed by atoms with Crippen molar-refractivity contribution in [2.24, 2.45) is 0 Å². The molecule has 0 aliphatic rings. The molecule has 34 heavy (non-hydrogen) atoms. The normalized spacial score (nSPS) is 11.6. The van der Waals surface area contributed by atoms with Gasteiger partial charge in [0.2, 0.25) is 5.88 Å². The van der Waals surface area contributed by atoms with Gasteiger partial charge in [-0.15, -0.1) is 0 Å². The number of anilines is 1. The van der Waals surface area contributed by atoms with Crippen molar-refractivity contribution >= 4 is 22.6 Å². The highest BCUT2D eigenvalue weighted by Crippen LogP contribution is 2.38. The lowest BCUT2D eigenvalue weighted by Crippen LogP contribution is -2.21. The molecule has 1 N–H and O–H groups in total. The maximum Gasteiger partial charge on any atom is 0.417 e. The molecular formula is C25H23F3N4O2. The van der Waals surface area contributed by atoms with Crippen LogP contribution < -0.4 is 10.1 Å². The summed E-state index contributed by atoms with van der Waals surface area (Å²) < 4.78 is 48.5. The predicted molar refractivity (Wildman–Crippen MR) is 123 cm³/mol. The van der Waals surface area contributed by atoms with Crippen molar-refractivity contribution in [2.75, 3.05) is 11.9 Å². The van der Waals surface area contributed by atoms with Crippen LogP contribution in [0.1, 0.15) is 27.9 Å². The lowest BCUT2D eigenvalue weighted by Gasteiger charge is -2.13. The first kappa shape index (κ1) is 23.3. The third-order valence-corrected chi connectivity index (χ3v) is 5.60.